The number of benzene rings is 3. The Balaban J connectivity index is 0.00000171. The molecule has 0 fully saturated rings. The largest absolute Gasteiger partial charge is 1.00 e. The molecule has 0 aliphatic heterocycles. The predicted molar refractivity (Wildman–Crippen MR) is 96.9 cm³/mol. The molecule has 4 rings (SSSR count). The summed E-state index contributed by atoms with van der Waals surface area (Å²) in [6.07, 6.45) is 0. The SMILES string of the molecule is O=S(=O)([O-])C1=c2ccc3cccc4ccc(c2c43)C(O)(S(=O)(=O)[O-])C1S(=O)(=O)[O-].[Na+].[Na+].[Na+]. The first-order chi connectivity index (χ1) is 13.2. The Labute approximate surface area is 249 Å². The molecule has 0 aromatic heterocycles. The molecule has 1 aliphatic rings. The molecule has 154 valence electrons. The van der Waals surface area contributed by atoms with Gasteiger partial charge in [0.15, 0.2) is 0 Å². The van der Waals surface area contributed by atoms with Gasteiger partial charge in [-0.15, -0.1) is 0 Å². The predicted octanol–water partition coefficient (Wildman–Crippen LogP) is -10.0. The van der Waals surface area contributed by atoms with Gasteiger partial charge in [0, 0.05) is 5.56 Å². The van der Waals surface area contributed by atoms with Crippen molar-refractivity contribution in [3.63, 3.8) is 0 Å². The Morgan fingerprint density at radius 2 is 1.25 bits per heavy atom. The second-order valence-electron chi connectivity index (χ2n) is 6.52. The van der Waals surface area contributed by atoms with Crippen LogP contribution in [-0.4, -0.2) is 49.3 Å². The van der Waals surface area contributed by atoms with E-state index in [1.807, 2.05) is 0 Å². The molecule has 16 heteroatoms. The van der Waals surface area contributed by atoms with Gasteiger partial charge in [-0.2, -0.15) is 0 Å². The van der Waals surface area contributed by atoms with Gasteiger partial charge >= 0.3 is 88.7 Å². The first-order valence-electron chi connectivity index (χ1n) is 7.76. The topological polar surface area (TPSA) is 192 Å². The Morgan fingerprint density at radius 3 is 1.69 bits per heavy atom. The zero-order chi connectivity index (χ0) is 21.6. The second kappa shape index (κ2) is 9.73. The van der Waals surface area contributed by atoms with Gasteiger partial charge in [-0.25, -0.2) is 25.3 Å². The van der Waals surface area contributed by atoms with E-state index < -0.39 is 56.2 Å². The van der Waals surface area contributed by atoms with Crippen molar-refractivity contribution in [2.75, 3.05) is 0 Å². The monoisotopic (exact) mass is 526 g/mol. The van der Waals surface area contributed by atoms with Gasteiger partial charge in [0.25, 0.3) is 0 Å². The maximum Gasteiger partial charge on any atom is 1.00 e. The maximum absolute atomic E-state index is 12.0. The van der Waals surface area contributed by atoms with Crippen molar-refractivity contribution in [1.29, 1.82) is 0 Å². The van der Waals surface area contributed by atoms with Gasteiger partial charge < -0.3 is 18.8 Å². The fourth-order valence-electron chi connectivity index (χ4n) is 3.90. The van der Waals surface area contributed by atoms with Crippen LogP contribution in [-0.2, 0) is 35.3 Å². The van der Waals surface area contributed by atoms with Gasteiger partial charge in [-0.1, -0.05) is 42.5 Å². The summed E-state index contributed by atoms with van der Waals surface area (Å²) in [5, 5.41) is 7.66. The average molecular weight is 526 g/mol. The minimum atomic E-state index is -6.08. The summed E-state index contributed by atoms with van der Waals surface area (Å²) in [6, 6.07) is 9.30. The molecule has 3 aromatic rings. The molecule has 32 heavy (non-hydrogen) atoms. The number of rotatable bonds is 3. The van der Waals surface area contributed by atoms with E-state index in [9.17, 15) is 44.0 Å². The number of hydrogen-bond acceptors (Lipinski definition) is 10. The van der Waals surface area contributed by atoms with E-state index in [0.29, 0.717) is 10.8 Å². The summed E-state index contributed by atoms with van der Waals surface area (Å²) >= 11 is 0. The van der Waals surface area contributed by atoms with Gasteiger partial charge in [0.05, 0.1) is 4.91 Å². The zero-order valence-corrected chi connectivity index (χ0v) is 25.4. The van der Waals surface area contributed by atoms with Crippen LogP contribution in [0, 0.1) is 0 Å². The number of hydrogen-bond donors (Lipinski definition) is 1. The molecule has 1 N–H and O–H groups in total. The summed E-state index contributed by atoms with van der Waals surface area (Å²) in [6.45, 7) is 0. The van der Waals surface area contributed by atoms with Gasteiger partial charge in [-0.3, -0.25) is 0 Å². The van der Waals surface area contributed by atoms with Gasteiger partial charge in [0.1, 0.15) is 35.6 Å². The van der Waals surface area contributed by atoms with E-state index in [4.69, 9.17) is 0 Å². The fourth-order valence-corrected chi connectivity index (χ4v) is 7.99. The van der Waals surface area contributed by atoms with Gasteiger partial charge in [-0.05, 0) is 26.8 Å². The van der Waals surface area contributed by atoms with Crippen molar-refractivity contribution < 1.29 is 133 Å². The first kappa shape index (κ1) is 30.9. The summed E-state index contributed by atoms with van der Waals surface area (Å²) < 4.78 is 107. The third-order valence-electron chi connectivity index (χ3n) is 4.96. The van der Waals surface area contributed by atoms with Crippen LogP contribution in [0.1, 0.15) is 5.56 Å². The molecule has 0 saturated heterocycles. The Bertz CT molecular complexity index is 1590. The Kier molecular flexibility index (Phi) is 9.40. The minimum Gasteiger partial charge on any atom is -0.747 e. The maximum atomic E-state index is 12.0. The van der Waals surface area contributed by atoms with Crippen LogP contribution in [0.25, 0.3) is 26.5 Å². The summed E-state index contributed by atoms with van der Waals surface area (Å²) in [5.41, 5.74) is -0.788. The molecule has 0 saturated carbocycles. The van der Waals surface area contributed by atoms with Crippen LogP contribution >= 0.6 is 0 Å². The van der Waals surface area contributed by atoms with Crippen molar-refractivity contribution in [2.24, 2.45) is 0 Å². The van der Waals surface area contributed by atoms with Crippen LogP contribution in [0.2, 0.25) is 0 Å². The molecule has 2 unspecified atom stereocenters. The first-order valence-corrected chi connectivity index (χ1v) is 12.0. The summed E-state index contributed by atoms with van der Waals surface area (Å²) in [5.74, 6) is 0. The van der Waals surface area contributed by atoms with Crippen LogP contribution in [0.4, 0.5) is 0 Å². The number of aliphatic hydroxyl groups is 1. The molecule has 0 radical (unpaired) electrons. The van der Waals surface area contributed by atoms with Crippen molar-refractivity contribution in [1.82, 2.24) is 0 Å². The molecular weight excluding hydrogens is 517 g/mol. The minimum absolute atomic E-state index is 0. The smallest absolute Gasteiger partial charge is 0.747 e. The van der Waals surface area contributed by atoms with E-state index in [0.717, 1.165) is 12.1 Å². The molecule has 0 amide bonds. The zero-order valence-electron chi connectivity index (χ0n) is 17.0. The molecule has 0 heterocycles. The molecular formula is C16H9Na3O10S3. The van der Waals surface area contributed by atoms with Crippen molar-refractivity contribution in [3.05, 3.63) is 53.2 Å². The van der Waals surface area contributed by atoms with E-state index in [1.54, 1.807) is 18.2 Å². The van der Waals surface area contributed by atoms with E-state index in [-0.39, 0.29) is 99.4 Å². The van der Waals surface area contributed by atoms with Crippen molar-refractivity contribution in [2.45, 2.75) is 10.2 Å². The third-order valence-corrected chi connectivity index (χ3v) is 8.63. The van der Waals surface area contributed by atoms with Crippen LogP contribution in [0.15, 0.2) is 42.5 Å². The molecule has 10 nitrogen and oxygen atoms in total. The summed E-state index contributed by atoms with van der Waals surface area (Å²) in [4.78, 5) is -5.70. The summed E-state index contributed by atoms with van der Waals surface area (Å²) in [7, 11) is -17.9. The molecule has 3 aromatic carbocycles. The van der Waals surface area contributed by atoms with E-state index in [2.05, 4.69) is 0 Å². The quantitative estimate of drug-likeness (QED) is 0.253. The van der Waals surface area contributed by atoms with Crippen molar-refractivity contribution >= 4 is 56.8 Å². The van der Waals surface area contributed by atoms with Crippen LogP contribution < -0.4 is 93.9 Å². The molecule has 1 aliphatic carbocycles. The van der Waals surface area contributed by atoms with Crippen LogP contribution in [0.5, 0.6) is 0 Å². The van der Waals surface area contributed by atoms with E-state index in [1.165, 1.54) is 12.1 Å². The fraction of sp³-hybridized carbons (Fsp3) is 0.125. The third kappa shape index (κ3) is 4.54. The van der Waals surface area contributed by atoms with Crippen molar-refractivity contribution in [3.8, 4) is 0 Å². The van der Waals surface area contributed by atoms with E-state index >= 15 is 0 Å². The Hall–Kier alpha value is 0.870. The average Bonchev–Trinajstić information content (AvgIpc) is 2.57. The molecule has 2 atom stereocenters. The molecule has 0 bridgehead atoms. The van der Waals surface area contributed by atoms with Gasteiger partial charge in [0.2, 0.25) is 4.93 Å². The second-order valence-corrected chi connectivity index (χ2v) is 10.9. The Morgan fingerprint density at radius 1 is 0.750 bits per heavy atom. The standard InChI is InChI=1S/C16H12O10S3.3Na/c17-16(29(24,25)26)11-7-5-9-3-1-2-8-4-6-10(13(11)12(8)9)14(27(18,19)20)15(16)28(21,22)23;;;/h1-7,15,17H,(H,18,19,20)(H,21,22,23)(H,24,25,26);;;/q;3*+1/p-3. The molecule has 0 spiro atoms. The normalized spacial score (nSPS) is 20.9. The van der Waals surface area contributed by atoms with Crippen LogP contribution in [0.3, 0.4) is 0 Å².